The molecule has 0 unspecified atom stereocenters. The summed E-state index contributed by atoms with van der Waals surface area (Å²) < 4.78 is 32.4. The number of piperidine rings is 1. The summed E-state index contributed by atoms with van der Waals surface area (Å²) in [6.45, 7) is 2.12. The average Bonchev–Trinajstić information content (AvgIpc) is 3.14. The maximum Gasteiger partial charge on any atom is 0.324 e. The Bertz CT molecular complexity index is 812. The van der Waals surface area contributed by atoms with Crippen molar-refractivity contribution in [3.05, 3.63) is 29.8 Å². The number of sulfonamides is 1. The third-order valence-corrected chi connectivity index (χ3v) is 7.05. The van der Waals surface area contributed by atoms with E-state index in [1.165, 1.54) is 36.0 Å². The highest BCUT2D eigenvalue weighted by atomic mass is 32.2. The van der Waals surface area contributed by atoms with E-state index in [-0.39, 0.29) is 23.0 Å². The van der Waals surface area contributed by atoms with Crippen LogP contribution in [0.2, 0.25) is 0 Å². The first-order chi connectivity index (χ1) is 12.5. The summed E-state index contributed by atoms with van der Waals surface area (Å²) in [5.41, 5.74) is 0.271. The van der Waals surface area contributed by atoms with Crippen LogP contribution in [-0.4, -0.2) is 62.4 Å². The Hall–Kier alpha value is -1.95. The summed E-state index contributed by atoms with van der Waals surface area (Å²) in [5, 5.41) is 9.04. The van der Waals surface area contributed by atoms with E-state index in [9.17, 15) is 13.2 Å². The van der Waals surface area contributed by atoms with Crippen molar-refractivity contribution in [2.75, 3.05) is 26.7 Å². The molecule has 0 amide bonds. The lowest BCUT2D eigenvalue weighted by Crippen LogP contribution is -2.42. The number of hydrogen-bond acceptors (Lipinski definition) is 6. The van der Waals surface area contributed by atoms with Gasteiger partial charge >= 0.3 is 5.97 Å². The number of methoxy groups -OCH3 is 1. The molecule has 1 aromatic carbocycles. The van der Waals surface area contributed by atoms with Gasteiger partial charge in [-0.1, -0.05) is 12.5 Å². The minimum Gasteiger partial charge on any atom is -0.468 e. The number of carbonyl (C=O) groups excluding carboxylic acids is 1. The van der Waals surface area contributed by atoms with E-state index < -0.39 is 22.0 Å². The molecular weight excluding hydrogens is 354 g/mol. The number of ether oxygens (including phenoxy) is 1. The third kappa shape index (κ3) is 3.61. The summed E-state index contributed by atoms with van der Waals surface area (Å²) in [5.74, 6) is -0.537. The van der Waals surface area contributed by atoms with Crippen LogP contribution in [0.5, 0.6) is 0 Å². The van der Waals surface area contributed by atoms with Crippen LogP contribution < -0.4 is 0 Å². The maximum absolute atomic E-state index is 13.2. The molecule has 2 aliphatic heterocycles. The standard InChI is InChI=1S/C18H23N3O4S/c1-25-18(22)17-11-15(20-8-3-2-4-9-20)13-21(17)26(23,24)16-7-5-6-14(10-16)12-19/h5-7,10,15,17H,2-4,8-9,11,13H2,1H3/t15-,17+/m1/s1. The van der Waals surface area contributed by atoms with Gasteiger partial charge in [-0.15, -0.1) is 0 Å². The van der Waals surface area contributed by atoms with Crippen molar-refractivity contribution in [3.8, 4) is 6.07 Å². The van der Waals surface area contributed by atoms with Crippen LogP contribution in [0.3, 0.4) is 0 Å². The van der Waals surface area contributed by atoms with Crippen LogP contribution in [0.1, 0.15) is 31.2 Å². The Labute approximate surface area is 154 Å². The molecule has 0 radical (unpaired) electrons. The van der Waals surface area contributed by atoms with Crippen LogP contribution in [0, 0.1) is 11.3 Å². The van der Waals surface area contributed by atoms with Gasteiger partial charge in [-0.05, 0) is 50.6 Å². The second-order valence-electron chi connectivity index (χ2n) is 6.74. The lowest BCUT2D eigenvalue weighted by atomic mass is 10.1. The van der Waals surface area contributed by atoms with E-state index in [2.05, 4.69) is 4.90 Å². The van der Waals surface area contributed by atoms with E-state index in [0.29, 0.717) is 6.42 Å². The molecule has 8 heteroatoms. The Balaban J connectivity index is 1.91. The fourth-order valence-corrected chi connectivity index (χ4v) is 5.48. The van der Waals surface area contributed by atoms with Gasteiger partial charge in [0, 0.05) is 12.6 Å². The first kappa shape index (κ1) is 18.8. The zero-order valence-electron chi connectivity index (χ0n) is 14.8. The molecule has 2 aliphatic rings. The SMILES string of the molecule is COC(=O)[C@@H]1C[C@@H](N2CCCCC2)CN1S(=O)(=O)c1cccc(C#N)c1. The Kier molecular flexibility index (Phi) is 5.61. The smallest absolute Gasteiger partial charge is 0.324 e. The molecule has 3 rings (SSSR count). The van der Waals surface area contributed by atoms with Crippen LogP contribution in [0.4, 0.5) is 0 Å². The number of likely N-dealkylation sites (tertiary alicyclic amines) is 1. The molecule has 1 aromatic rings. The molecule has 140 valence electrons. The Morgan fingerprint density at radius 2 is 2.00 bits per heavy atom. The predicted molar refractivity (Wildman–Crippen MR) is 94.7 cm³/mol. The van der Waals surface area contributed by atoms with Crippen molar-refractivity contribution in [2.45, 2.75) is 42.7 Å². The third-order valence-electron chi connectivity index (χ3n) is 5.18. The fraction of sp³-hybridized carbons (Fsp3) is 0.556. The summed E-state index contributed by atoms with van der Waals surface area (Å²) >= 11 is 0. The van der Waals surface area contributed by atoms with Gasteiger partial charge in [0.05, 0.1) is 23.6 Å². The van der Waals surface area contributed by atoms with Gasteiger partial charge in [0.25, 0.3) is 0 Å². The lowest BCUT2D eigenvalue weighted by molar-refractivity contribution is -0.144. The van der Waals surface area contributed by atoms with Gasteiger partial charge in [-0.3, -0.25) is 9.69 Å². The second kappa shape index (κ2) is 7.74. The van der Waals surface area contributed by atoms with Crippen molar-refractivity contribution >= 4 is 16.0 Å². The van der Waals surface area contributed by atoms with Gasteiger partial charge in [-0.25, -0.2) is 8.42 Å². The fourth-order valence-electron chi connectivity index (χ4n) is 3.81. The number of esters is 1. The van der Waals surface area contributed by atoms with E-state index in [1.807, 2.05) is 6.07 Å². The van der Waals surface area contributed by atoms with Gasteiger partial charge in [0.1, 0.15) is 6.04 Å². The molecular formula is C18H23N3O4S. The van der Waals surface area contributed by atoms with Crippen molar-refractivity contribution in [3.63, 3.8) is 0 Å². The van der Waals surface area contributed by atoms with E-state index in [4.69, 9.17) is 10.00 Å². The normalized spacial score (nSPS) is 24.9. The molecule has 0 saturated carbocycles. The average molecular weight is 377 g/mol. The van der Waals surface area contributed by atoms with Gasteiger partial charge in [0.15, 0.2) is 0 Å². The van der Waals surface area contributed by atoms with Gasteiger partial charge < -0.3 is 4.74 Å². The molecule has 26 heavy (non-hydrogen) atoms. The molecule has 0 aromatic heterocycles. The lowest BCUT2D eigenvalue weighted by Gasteiger charge is -2.32. The monoisotopic (exact) mass is 377 g/mol. The van der Waals surface area contributed by atoms with Crippen molar-refractivity contribution in [1.29, 1.82) is 5.26 Å². The van der Waals surface area contributed by atoms with Crippen LogP contribution in [0.15, 0.2) is 29.2 Å². The highest BCUT2D eigenvalue weighted by Crippen LogP contribution is 2.31. The first-order valence-corrected chi connectivity index (χ1v) is 10.3. The zero-order valence-corrected chi connectivity index (χ0v) is 15.6. The summed E-state index contributed by atoms with van der Waals surface area (Å²) in [4.78, 5) is 14.6. The predicted octanol–water partition coefficient (Wildman–Crippen LogP) is 1.35. The number of benzene rings is 1. The second-order valence-corrected chi connectivity index (χ2v) is 8.63. The molecule has 2 saturated heterocycles. The van der Waals surface area contributed by atoms with Gasteiger partial charge in [0.2, 0.25) is 10.0 Å². The highest BCUT2D eigenvalue weighted by molar-refractivity contribution is 7.89. The summed E-state index contributed by atoms with van der Waals surface area (Å²) in [6, 6.07) is 7.02. The number of rotatable bonds is 4. The van der Waals surface area contributed by atoms with Crippen LogP contribution in [0.25, 0.3) is 0 Å². The molecule has 0 N–H and O–H groups in total. The van der Waals surface area contributed by atoms with Crippen molar-refractivity contribution in [2.24, 2.45) is 0 Å². The van der Waals surface area contributed by atoms with Crippen LogP contribution >= 0.6 is 0 Å². The molecule has 0 spiro atoms. The van der Waals surface area contributed by atoms with Crippen LogP contribution in [-0.2, 0) is 19.6 Å². The Morgan fingerprint density at radius 1 is 1.27 bits per heavy atom. The topological polar surface area (TPSA) is 90.7 Å². The highest BCUT2D eigenvalue weighted by Gasteiger charge is 2.46. The number of nitrogens with zero attached hydrogens (tertiary/aromatic N) is 3. The quantitative estimate of drug-likeness (QED) is 0.736. The first-order valence-electron chi connectivity index (χ1n) is 8.81. The Morgan fingerprint density at radius 3 is 2.65 bits per heavy atom. The minimum absolute atomic E-state index is 0.00771. The maximum atomic E-state index is 13.2. The molecule has 2 fully saturated rings. The summed E-state index contributed by atoms with van der Waals surface area (Å²) in [6.07, 6.45) is 3.81. The molecule has 2 atom stereocenters. The summed E-state index contributed by atoms with van der Waals surface area (Å²) in [7, 11) is -2.62. The van der Waals surface area contributed by atoms with E-state index in [0.717, 1.165) is 25.9 Å². The molecule has 0 aliphatic carbocycles. The number of hydrogen-bond donors (Lipinski definition) is 0. The zero-order chi connectivity index (χ0) is 18.7. The molecule has 2 heterocycles. The number of carbonyl (C=O) groups is 1. The largest absolute Gasteiger partial charge is 0.468 e. The van der Waals surface area contributed by atoms with E-state index >= 15 is 0 Å². The van der Waals surface area contributed by atoms with Crippen molar-refractivity contribution in [1.82, 2.24) is 9.21 Å². The minimum atomic E-state index is -3.89. The molecule has 7 nitrogen and oxygen atoms in total. The van der Waals surface area contributed by atoms with Crippen molar-refractivity contribution < 1.29 is 17.9 Å². The van der Waals surface area contributed by atoms with Gasteiger partial charge in [-0.2, -0.15) is 9.57 Å². The number of nitriles is 1. The van der Waals surface area contributed by atoms with E-state index in [1.54, 1.807) is 6.07 Å². The molecule has 0 bridgehead atoms.